The van der Waals surface area contributed by atoms with Gasteiger partial charge in [0.1, 0.15) is 0 Å². The second kappa shape index (κ2) is 5.29. The average Bonchev–Trinajstić information content (AvgIpc) is 3.05. The lowest BCUT2D eigenvalue weighted by molar-refractivity contribution is -0.129. The summed E-state index contributed by atoms with van der Waals surface area (Å²) in [4.78, 5) is 14.2. The van der Waals surface area contributed by atoms with Gasteiger partial charge in [0.05, 0.1) is 6.42 Å². The average molecular weight is 272 g/mol. The van der Waals surface area contributed by atoms with Crippen molar-refractivity contribution in [3.8, 4) is 0 Å². The number of para-hydroxylation sites is 1. The Morgan fingerprint density at radius 3 is 2.95 bits per heavy atom. The van der Waals surface area contributed by atoms with Crippen LogP contribution in [0.4, 0.5) is 0 Å². The molecule has 1 N–H and O–H groups in total. The third kappa shape index (κ3) is 2.31. The van der Waals surface area contributed by atoms with Gasteiger partial charge in [0, 0.05) is 49.8 Å². The molecule has 3 rings (SSSR count). The van der Waals surface area contributed by atoms with E-state index in [1.54, 1.807) is 0 Å². The minimum atomic E-state index is 0.164. The Morgan fingerprint density at radius 1 is 1.40 bits per heavy atom. The minimum Gasteiger partial charge on any atom is -0.396 e. The van der Waals surface area contributed by atoms with E-state index in [9.17, 15) is 4.79 Å². The molecule has 1 unspecified atom stereocenters. The van der Waals surface area contributed by atoms with Gasteiger partial charge in [-0.15, -0.1) is 0 Å². The predicted octanol–water partition coefficient (Wildman–Crippen LogP) is 1.56. The number of likely N-dealkylation sites (tertiary alicyclic amines) is 1. The zero-order valence-electron chi connectivity index (χ0n) is 11.7. The normalized spacial score (nSPS) is 18.9. The lowest BCUT2D eigenvalue weighted by Crippen LogP contribution is -2.30. The van der Waals surface area contributed by atoms with Crippen LogP contribution in [0.1, 0.15) is 12.0 Å². The zero-order valence-corrected chi connectivity index (χ0v) is 11.7. The van der Waals surface area contributed by atoms with Crippen LogP contribution in [0.25, 0.3) is 10.9 Å². The lowest BCUT2D eigenvalue weighted by Gasteiger charge is -2.15. The zero-order chi connectivity index (χ0) is 14.1. The van der Waals surface area contributed by atoms with Crippen molar-refractivity contribution in [3.63, 3.8) is 0 Å². The fourth-order valence-electron chi connectivity index (χ4n) is 3.05. The van der Waals surface area contributed by atoms with Gasteiger partial charge < -0.3 is 14.6 Å². The number of hydrogen-bond donors (Lipinski definition) is 1. The summed E-state index contributed by atoms with van der Waals surface area (Å²) in [5.74, 6) is 0.420. The number of carbonyl (C=O) groups is 1. The molecule has 1 aromatic heterocycles. The van der Waals surface area contributed by atoms with E-state index in [-0.39, 0.29) is 18.4 Å². The summed E-state index contributed by atoms with van der Waals surface area (Å²) in [6.45, 7) is 1.65. The monoisotopic (exact) mass is 272 g/mol. The summed E-state index contributed by atoms with van der Waals surface area (Å²) >= 11 is 0. The van der Waals surface area contributed by atoms with Crippen molar-refractivity contribution < 1.29 is 9.90 Å². The van der Waals surface area contributed by atoms with E-state index in [4.69, 9.17) is 5.11 Å². The van der Waals surface area contributed by atoms with Crippen molar-refractivity contribution in [1.29, 1.82) is 0 Å². The number of aryl methyl sites for hydroxylation is 1. The van der Waals surface area contributed by atoms with E-state index in [1.165, 1.54) is 0 Å². The largest absolute Gasteiger partial charge is 0.396 e. The molecule has 0 spiro atoms. The summed E-state index contributed by atoms with van der Waals surface area (Å²) in [6.07, 6.45) is 3.40. The Bertz CT molecular complexity index is 632. The van der Waals surface area contributed by atoms with Gasteiger partial charge in [0.15, 0.2) is 0 Å². The highest BCUT2D eigenvalue weighted by Crippen LogP contribution is 2.22. The van der Waals surface area contributed by atoms with Crippen LogP contribution in [0.2, 0.25) is 0 Å². The number of aromatic nitrogens is 1. The standard InChI is InChI=1S/C16H20N2O2/c1-17-10-13(14-4-2-3-5-15(14)17)8-16(20)18-7-6-12(9-18)11-19/h2-5,10,12,19H,6-9,11H2,1H3. The maximum atomic E-state index is 12.4. The number of aliphatic hydroxyl groups is 1. The molecule has 4 nitrogen and oxygen atoms in total. The number of carbonyl (C=O) groups excluding carboxylic acids is 1. The predicted molar refractivity (Wildman–Crippen MR) is 78.4 cm³/mol. The van der Waals surface area contributed by atoms with Crippen LogP contribution in [-0.4, -0.2) is 40.2 Å². The van der Waals surface area contributed by atoms with Crippen LogP contribution >= 0.6 is 0 Å². The van der Waals surface area contributed by atoms with Crippen molar-refractivity contribution in [2.45, 2.75) is 12.8 Å². The van der Waals surface area contributed by atoms with Crippen LogP contribution in [0.15, 0.2) is 30.5 Å². The Labute approximate surface area is 118 Å². The third-order valence-corrected chi connectivity index (χ3v) is 4.22. The molecule has 1 saturated heterocycles. The number of rotatable bonds is 3. The summed E-state index contributed by atoms with van der Waals surface area (Å²) in [7, 11) is 2.01. The number of benzene rings is 1. The first-order valence-electron chi connectivity index (χ1n) is 7.10. The van der Waals surface area contributed by atoms with Gasteiger partial charge in [-0.3, -0.25) is 4.79 Å². The molecule has 106 valence electrons. The first-order chi connectivity index (χ1) is 9.69. The molecule has 2 aromatic rings. The molecule has 1 fully saturated rings. The van der Waals surface area contributed by atoms with Crippen LogP contribution in [0.3, 0.4) is 0 Å². The van der Waals surface area contributed by atoms with Gasteiger partial charge in [0.2, 0.25) is 5.91 Å². The quantitative estimate of drug-likeness (QED) is 0.921. The highest BCUT2D eigenvalue weighted by molar-refractivity contribution is 5.89. The second-order valence-corrected chi connectivity index (χ2v) is 5.64. The number of fused-ring (bicyclic) bond motifs is 1. The van der Waals surface area contributed by atoms with Gasteiger partial charge >= 0.3 is 0 Å². The fraction of sp³-hybridized carbons (Fsp3) is 0.438. The second-order valence-electron chi connectivity index (χ2n) is 5.64. The van der Waals surface area contributed by atoms with Crippen molar-refractivity contribution in [3.05, 3.63) is 36.0 Å². The van der Waals surface area contributed by atoms with Gasteiger partial charge in [-0.05, 0) is 18.1 Å². The highest BCUT2D eigenvalue weighted by Gasteiger charge is 2.26. The smallest absolute Gasteiger partial charge is 0.227 e. The molecule has 0 radical (unpaired) electrons. The van der Waals surface area contributed by atoms with Crippen LogP contribution in [-0.2, 0) is 18.3 Å². The SMILES string of the molecule is Cn1cc(CC(=O)N2CCC(CO)C2)c2ccccc21. The molecule has 1 aromatic carbocycles. The van der Waals surface area contributed by atoms with Gasteiger partial charge in [0.25, 0.3) is 0 Å². The molecule has 1 aliphatic heterocycles. The number of nitrogens with zero attached hydrogens (tertiary/aromatic N) is 2. The van der Waals surface area contributed by atoms with Gasteiger partial charge in [-0.25, -0.2) is 0 Å². The molecule has 2 heterocycles. The van der Waals surface area contributed by atoms with Gasteiger partial charge in [-0.1, -0.05) is 18.2 Å². The maximum absolute atomic E-state index is 12.4. The molecule has 1 atom stereocenters. The molecular weight excluding hydrogens is 252 g/mol. The Kier molecular flexibility index (Phi) is 3.49. The first-order valence-corrected chi connectivity index (χ1v) is 7.10. The molecule has 0 aliphatic carbocycles. The molecule has 0 saturated carbocycles. The number of aliphatic hydroxyl groups excluding tert-OH is 1. The van der Waals surface area contributed by atoms with E-state index in [1.807, 2.05) is 30.3 Å². The summed E-state index contributed by atoms with van der Waals surface area (Å²) in [6, 6.07) is 8.16. The Balaban J connectivity index is 1.78. The highest BCUT2D eigenvalue weighted by atomic mass is 16.3. The van der Waals surface area contributed by atoms with Crippen LogP contribution in [0.5, 0.6) is 0 Å². The Morgan fingerprint density at radius 2 is 2.20 bits per heavy atom. The fourth-order valence-corrected chi connectivity index (χ4v) is 3.05. The summed E-state index contributed by atoms with van der Waals surface area (Å²) < 4.78 is 2.07. The van der Waals surface area contributed by atoms with E-state index in [2.05, 4.69) is 16.7 Å². The topological polar surface area (TPSA) is 45.5 Å². The van der Waals surface area contributed by atoms with E-state index >= 15 is 0 Å². The minimum absolute atomic E-state index is 0.164. The first kappa shape index (κ1) is 13.2. The van der Waals surface area contributed by atoms with E-state index in [0.717, 1.165) is 29.4 Å². The third-order valence-electron chi connectivity index (χ3n) is 4.22. The number of hydrogen-bond acceptors (Lipinski definition) is 2. The van der Waals surface area contributed by atoms with E-state index in [0.29, 0.717) is 13.0 Å². The molecule has 1 amide bonds. The Hall–Kier alpha value is -1.81. The molecule has 20 heavy (non-hydrogen) atoms. The van der Waals surface area contributed by atoms with Crippen molar-refractivity contribution >= 4 is 16.8 Å². The van der Waals surface area contributed by atoms with Gasteiger partial charge in [-0.2, -0.15) is 0 Å². The van der Waals surface area contributed by atoms with Crippen LogP contribution < -0.4 is 0 Å². The molecule has 4 heteroatoms. The molecule has 0 bridgehead atoms. The number of amides is 1. The molecular formula is C16H20N2O2. The lowest BCUT2D eigenvalue weighted by atomic mass is 10.1. The van der Waals surface area contributed by atoms with E-state index < -0.39 is 0 Å². The summed E-state index contributed by atoms with van der Waals surface area (Å²) in [5.41, 5.74) is 2.24. The van der Waals surface area contributed by atoms with Crippen molar-refractivity contribution in [2.24, 2.45) is 13.0 Å². The maximum Gasteiger partial charge on any atom is 0.227 e. The molecule has 1 aliphatic rings. The van der Waals surface area contributed by atoms with Crippen molar-refractivity contribution in [1.82, 2.24) is 9.47 Å². The summed E-state index contributed by atoms with van der Waals surface area (Å²) in [5, 5.41) is 10.3. The van der Waals surface area contributed by atoms with Crippen molar-refractivity contribution in [2.75, 3.05) is 19.7 Å². The van der Waals surface area contributed by atoms with Crippen LogP contribution in [0, 0.1) is 5.92 Å².